The number of hydrogen-bond acceptors (Lipinski definition) is 6. The van der Waals surface area contributed by atoms with E-state index in [2.05, 4.69) is 13.2 Å². The number of aliphatic hydroxyl groups is 1. The number of nitrogens with zero attached hydrogens (tertiary/aromatic N) is 2. The number of rotatable bonds is 9. The number of carbonyl (C=O) groups is 3. The van der Waals surface area contributed by atoms with E-state index in [-0.39, 0.29) is 37.0 Å². The van der Waals surface area contributed by atoms with Crippen LogP contribution in [0.25, 0.3) is 0 Å². The summed E-state index contributed by atoms with van der Waals surface area (Å²) in [6.07, 6.45) is 8.81. The molecule has 2 bridgehead atoms. The maximum absolute atomic E-state index is 14.4. The molecule has 0 aromatic heterocycles. The van der Waals surface area contributed by atoms with Crippen LogP contribution in [-0.4, -0.2) is 81.8 Å². The minimum absolute atomic E-state index is 0.0433. The Kier molecular flexibility index (Phi) is 7.17. The van der Waals surface area contributed by atoms with Crippen molar-refractivity contribution >= 4 is 17.8 Å². The van der Waals surface area contributed by atoms with Crippen LogP contribution in [0, 0.1) is 17.8 Å². The van der Waals surface area contributed by atoms with Crippen LogP contribution in [-0.2, 0) is 23.9 Å². The standard InChI is InChI=1S/C27H40N2O6/c1-6-13-28(19-11-9-8-10-12-19)24(32)22-27-15-17(3)26(5,35-27)21(25(33)34-14-7-2)20(27)23(31)29(22)18(4)16-30/h6-7,17-22,30H,1-2,8-16H2,3-5H3/t17?,18-,20+,21-,22?,26+,27?/m1/s1. The molecule has 3 heterocycles. The van der Waals surface area contributed by atoms with Crippen LogP contribution in [0.1, 0.15) is 59.3 Å². The molecule has 0 aromatic rings. The van der Waals surface area contributed by atoms with Crippen molar-refractivity contribution in [1.82, 2.24) is 9.80 Å². The fourth-order valence-corrected chi connectivity index (χ4v) is 7.22. The van der Waals surface area contributed by atoms with E-state index in [9.17, 15) is 19.5 Å². The molecule has 8 nitrogen and oxygen atoms in total. The first-order chi connectivity index (χ1) is 16.7. The Morgan fingerprint density at radius 1 is 1.29 bits per heavy atom. The lowest BCUT2D eigenvalue weighted by molar-refractivity contribution is -0.163. The van der Waals surface area contributed by atoms with Gasteiger partial charge in [-0.1, -0.05) is 44.9 Å². The number of likely N-dealkylation sites (tertiary alicyclic amines) is 1. The first-order valence-electron chi connectivity index (χ1n) is 13.0. The third-order valence-electron chi connectivity index (χ3n) is 8.95. The third kappa shape index (κ3) is 3.84. The smallest absolute Gasteiger partial charge is 0.313 e. The van der Waals surface area contributed by atoms with Gasteiger partial charge in [-0.3, -0.25) is 14.4 Å². The van der Waals surface area contributed by atoms with Gasteiger partial charge in [-0.15, -0.1) is 6.58 Å². The van der Waals surface area contributed by atoms with Gasteiger partial charge in [0.05, 0.1) is 24.2 Å². The molecule has 7 atom stereocenters. The highest BCUT2D eigenvalue weighted by Crippen LogP contribution is 2.65. The molecule has 1 N–H and O–H groups in total. The Labute approximate surface area is 208 Å². The van der Waals surface area contributed by atoms with Crippen molar-refractivity contribution in [2.75, 3.05) is 19.8 Å². The van der Waals surface area contributed by atoms with Gasteiger partial charge in [0, 0.05) is 12.6 Å². The van der Waals surface area contributed by atoms with Crippen LogP contribution in [0.2, 0.25) is 0 Å². The minimum Gasteiger partial charge on any atom is -0.461 e. The van der Waals surface area contributed by atoms with E-state index in [1.165, 1.54) is 11.0 Å². The molecule has 1 spiro atoms. The second-order valence-electron chi connectivity index (χ2n) is 11.0. The highest BCUT2D eigenvalue weighted by Gasteiger charge is 2.80. The summed E-state index contributed by atoms with van der Waals surface area (Å²) >= 11 is 0. The van der Waals surface area contributed by atoms with E-state index in [4.69, 9.17) is 9.47 Å². The van der Waals surface area contributed by atoms with E-state index in [1.807, 2.05) is 18.7 Å². The second kappa shape index (κ2) is 9.69. The molecule has 4 rings (SSSR count). The molecule has 3 aliphatic heterocycles. The summed E-state index contributed by atoms with van der Waals surface area (Å²) in [6, 6.07) is -1.43. The van der Waals surface area contributed by atoms with Crippen molar-refractivity contribution in [3.05, 3.63) is 25.3 Å². The number of hydrogen-bond donors (Lipinski definition) is 1. The van der Waals surface area contributed by atoms with E-state index in [1.54, 1.807) is 13.0 Å². The summed E-state index contributed by atoms with van der Waals surface area (Å²) in [7, 11) is 0. The number of carbonyl (C=O) groups excluding carboxylic acids is 3. The molecule has 3 unspecified atom stereocenters. The lowest BCUT2D eigenvalue weighted by Crippen LogP contribution is -2.60. The Morgan fingerprint density at radius 3 is 2.57 bits per heavy atom. The van der Waals surface area contributed by atoms with Crippen LogP contribution < -0.4 is 0 Å². The zero-order valence-electron chi connectivity index (χ0n) is 21.3. The van der Waals surface area contributed by atoms with Crippen LogP contribution in [0.5, 0.6) is 0 Å². The van der Waals surface area contributed by atoms with Gasteiger partial charge in [0.1, 0.15) is 24.2 Å². The minimum atomic E-state index is -1.14. The summed E-state index contributed by atoms with van der Waals surface area (Å²) in [5.74, 6) is -2.71. The normalized spacial score (nSPS) is 37.1. The molecule has 194 valence electrons. The number of aliphatic hydroxyl groups excluding tert-OH is 1. The molecule has 3 saturated heterocycles. The molecule has 0 radical (unpaired) electrons. The largest absolute Gasteiger partial charge is 0.461 e. The van der Waals surface area contributed by atoms with Gasteiger partial charge in [-0.05, 0) is 39.0 Å². The van der Waals surface area contributed by atoms with Crippen molar-refractivity contribution in [2.24, 2.45) is 17.8 Å². The highest BCUT2D eigenvalue weighted by atomic mass is 16.6. The Bertz CT molecular complexity index is 885. The van der Waals surface area contributed by atoms with Crippen molar-refractivity contribution in [3.63, 3.8) is 0 Å². The molecule has 4 fully saturated rings. The Morgan fingerprint density at radius 2 is 1.97 bits per heavy atom. The van der Waals surface area contributed by atoms with Crippen LogP contribution >= 0.6 is 0 Å². The fraction of sp³-hybridized carbons (Fsp3) is 0.741. The van der Waals surface area contributed by atoms with Crippen LogP contribution in [0.4, 0.5) is 0 Å². The van der Waals surface area contributed by atoms with Gasteiger partial charge in [-0.25, -0.2) is 0 Å². The van der Waals surface area contributed by atoms with Crippen molar-refractivity contribution in [2.45, 2.75) is 88.6 Å². The number of fused-ring (bicyclic) bond motifs is 1. The third-order valence-corrected chi connectivity index (χ3v) is 8.95. The van der Waals surface area contributed by atoms with Gasteiger partial charge in [0.25, 0.3) is 0 Å². The zero-order valence-corrected chi connectivity index (χ0v) is 21.3. The summed E-state index contributed by atoms with van der Waals surface area (Å²) < 4.78 is 12.1. The molecular formula is C27H40N2O6. The van der Waals surface area contributed by atoms with Gasteiger partial charge < -0.3 is 24.4 Å². The molecule has 35 heavy (non-hydrogen) atoms. The van der Waals surface area contributed by atoms with Crippen molar-refractivity contribution < 1.29 is 29.0 Å². The van der Waals surface area contributed by atoms with Gasteiger partial charge in [0.15, 0.2) is 0 Å². The van der Waals surface area contributed by atoms with Crippen molar-refractivity contribution in [1.29, 1.82) is 0 Å². The lowest BCUT2D eigenvalue weighted by atomic mass is 9.62. The van der Waals surface area contributed by atoms with E-state index >= 15 is 0 Å². The fourth-order valence-electron chi connectivity index (χ4n) is 7.22. The van der Waals surface area contributed by atoms with Crippen LogP contribution in [0.15, 0.2) is 25.3 Å². The Balaban J connectivity index is 1.79. The van der Waals surface area contributed by atoms with Crippen molar-refractivity contribution in [3.8, 4) is 0 Å². The molecule has 4 aliphatic rings. The molecular weight excluding hydrogens is 448 g/mol. The predicted octanol–water partition coefficient (Wildman–Crippen LogP) is 2.45. The summed E-state index contributed by atoms with van der Waals surface area (Å²) in [5, 5.41) is 10.0. The number of amides is 2. The quantitative estimate of drug-likeness (QED) is 0.396. The lowest BCUT2D eigenvalue weighted by Gasteiger charge is -2.42. The first-order valence-corrected chi connectivity index (χ1v) is 13.0. The van der Waals surface area contributed by atoms with Gasteiger partial charge >= 0.3 is 5.97 Å². The summed E-state index contributed by atoms with van der Waals surface area (Å²) in [5.41, 5.74) is -2.06. The Hall–Kier alpha value is -2.19. The van der Waals surface area contributed by atoms with Gasteiger partial charge in [-0.2, -0.15) is 0 Å². The molecule has 8 heteroatoms. The molecule has 1 aliphatic carbocycles. The van der Waals surface area contributed by atoms with E-state index < -0.39 is 41.1 Å². The summed E-state index contributed by atoms with van der Waals surface area (Å²) in [4.78, 5) is 45.0. The maximum atomic E-state index is 14.4. The average molecular weight is 489 g/mol. The second-order valence-corrected chi connectivity index (χ2v) is 11.0. The van der Waals surface area contributed by atoms with E-state index in [0.29, 0.717) is 13.0 Å². The first kappa shape index (κ1) is 25.9. The number of esters is 1. The zero-order chi connectivity index (χ0) is 25.5. The van der Waals surface area contributed by atoms with Crippen LogP contribution in [0.3, 0.4) is 0 Å². The number of ether oxygens (including phenoxy) is 2. The predicted molar refractivity (Wildman–Crippen MR) is 130 cm³/mol. The van der Waals surface area contributed by atoms with E-state index in [0.717, 1.165) is 32.1 Å². The topological polar surface area (TPSA) is 96.4 Å². The molecule has 2 amide bonds. The van der Waals surface area contributed by atoms with Gasteiger partial charge in [0.2, 0.25) is 11.8 Å². The average Bonchev–Trinajstić information content (AvgIpc) is 3.37. The molecule has 1 saturated carbocycles. The monoisotopic (exact) mass is 488 g/mol. The molecule has 0 aromatic carbocycles. The maximum Gasteiger partial charge on any atom is 0.313 e. The summed E-state index contributed by atoms with van der Waals surface area (Å²) in [6.45, 7) is 13.2. The highest BCUT2D eigenvalue weighted by molar-refractivity contribution is 5.99. The SMILES string of the molecule is C=CCOC(=O)[C@H]1[C@H]2C(=O)N([C@H](C)CO)C(C(=O)N(CC=C)C3CCCCC3)C23CC(C)[C@]1(C)O3.